The fourth-order valence-corrected chi connectivity index (χ4v) is 13.7. The minimum absolute atomic E-state index is 0.0141. The number of nitrogens with zero attached hydrogens (tertiary/aromatic N) is 8. The van der Waals surface area contributed by atoms with Crippen LogP contribution in [0.4, 0.5) is 33.9 Å². The number of fused-ring (bicyclic) bond motifs is 10. The Balaban J connectivity index is 0.700. The molecular weight excluding hydrogens is 1120 g/mol. The van der Waals surface area contributed by atoms with Gasteiger partial charge in [0.15, 0.2) is 5.82 Å². The molecular formula is C61H54F4N10O11. The van der Waals surface area contributed by atoms with Crippen LogP contribution in [0.3, 0.4) is 0 Å². The maximum absolute atomic E-state index is 17.4. The van der Waals surface area contributed by atoms with E-state index in [2.05, 4.69) is 37.7 Å². The molecule has 25 heteroatoms. The number of halogens is 4. The Kier molecular flexibility index (Phi) is 13.6. The molecule has 2 bridgehead atoms. The first-order chi connectivity index (χ1) is 41.3. The van der Waals surface area contributed by atoms with E-state index in [-0.39, 0.29) is 136 Å². The van der Waals surface area contributed by atoms with E-state index in [0.29, 0.717) is 47.7 Å². The number of carbonyl (C=O) groups is 4. The van der Waals surface area contributed by atoms with Crippen LogP contribution in [0.5, 0.6) is 11.8 Å². The number of aliphatic hydroxyl groups excluding tert-OH is 1. The van der Waals surface area contributed by atoms with Gasteiger partial charge in [-0.15, -0.1) is 6.42 Å². The van der Waals surface area contributed by atoms with Crippen LogP contribution >= 0.6 is 0 Å². The van der Waals surface area contributed by atoms with Gasteiger partial charge in [-0.25, -0.2) is 32.1 Å². The minimum Gasteiger partial charge on any atom is -0.508 e. The molecule has 2 amide bonds. The number of nitrogen functional groups attached to an aromatic ring is 1. The largest absolute Gasteiger partial charge is 0.508 e. The van der Waals surface area contributed by atoms with E-state index in [1.807, 2.05) is 4.90 Å². The number of alkyl carbamates (subject to hydrolysis) is 1. The SMILES string of the molecule is C#Cc1c(F)ccc2cc(O)cc(-c3ncc4c(N5CC6CCC(C5)N6C(=O)C(=C)COC(=O)NCC(=O)OC5(CC)C(=O)OCc6c5cc5n(c6=O)Cc6c-5nc5cc(F)c(N)cc5c6CO)nc(OCC56CCCN5CC(F)C6)nc4c3F)c12. The molecule has 0 saturated carbocycles. The molecule has 442 valence electrons. The number of anilines is 2. The van der Waals surface area contributed by atoms with Gasteiger partial charge in [0.25, 0.3) is 11.5 Å². The van der Waals surface area contributed by atoms with Crippen LogP contribution in [0.2, 0.25) is 0 Å². The van der Waals surface area contributed by atoms with Crippen molar-refractivity contribution in [2.24, 2.45) is 0 Å². The van der Waals surface area contributed by atoms with E-state index in [1.165, 1.54) is 48.0 Å². The Labute approximate surface area is 486 Å². The fraction of sp³-hybridized carbons (Fsp3) is 0.361. The van der Waals surface area contributed by atoms with Crippen LogP contribution in [0.25, 0.3) is 55.2 Å². The van der Waals surface area contributed by atoms with Crippen molar-refractivity contribution in [1.29, 1.82) is 0 Å². The highest BCUT2D eigenvalue weighted by Crippen LogP contribution is 2.45. The zero-order valence-electron chi connectivity index (χ0n) is 46.2. The van der Waals surface area contributed by atoms with Gasteiger partial charge in [-0.3, -0.25) is 24.3 Å². The number of esters is 2. The number of aromatic hydroxyl groups is 1. The highest BCUT2D eigenvalue weighted by molar-refractivity contribution is 6.03. The lowest BCUT2D eigenvalue weighted by Crippen LogP contribution is -2.56. The van der Waals surface area contributed by atoms with Crippen molar-refractivity contribution in [3.63, 3.8) is 0 Å². The number of cyclic esters (lactones) is 1. The third kappa shape index (κ3) is 8.94. The zero-order chi connectivity index (χ0) is 60.2. The van der Waals surface area contributed by atoms with E-state index in [0.717, 1.165) is 18.6 Å². The number of hydrogen-bond acceptors (Lipinski definition) is 18. The summed E-state index contributed by atoms with van der Waals surface area (Å²) < 4.78 is 86.3. The lowest BCUT2D eigenvalue weighted by atomic mass is 9.85. The fourth-order valence-electron chi connectivity index (χ4n) is 13.7. The van der Waals surface area contributed by atoms with Crippen LogP contribution in [-0.2, 0) is 54.0 Å². The number of aliphatic hydroxyl groups is 1. The number of phenols is 1. The highest BCUT2D eigenvalue weighted by Gasteiger charge is 2.52. The number of phenolic OH excluding ortho intramolecular Hbond substituents is 1. The van der Waals surface area contributed by atoms with Crippen molar-refractivity contribution in [3.8, 4) is 46.7 Å². The molecule has 6 aliphatic heterocycles. The molecule has 10 heterocycles. The highest BCUT2D eigenvalue weighted by atomic mass is 19.1. The Morgan fingerprint density at radius 2 is 1.79 bits per heavy atom. The van der Waals surface area contributed by atoms with Gasteiger partial charge in [-0.1, -0.05) is 25.5 Å². The number of pyridine rings is 3. The van der Waals surface area contributed by atoms with Gasteiger partial charge in [0.2, 0.25) is 5.60 Å². The summed E-state index contributed by atoms with van der Waals surface area (Å²) in [5.74, 6) is -2.69. The van der Waals surface area contributed by atoms with Crippen LogP contribution in [-0.4, -0.2) is 138 Å². The molecule has 5 atom stereocenters. The number of ether oxygens (including phenoxy) is 4. The number of piperazine rings is 1. The summed E-state index contributed by atoms with van der Waals surface area (Å²) in [5, 5.41) is 24.5. The van der Waals surface area contributed by atoms with Crippen molar-refractivity contribution in [2.75, 3.05) is 56.6 Å². The second-order valence-corrected chi connectivity index (χ2v) is 22.6. The summed E-state index contributed by atoms with van der Waals surface area (Å²) in [6, 6.07) is 8.06. The van der Waals surface area contributed by atoms with E-state index in [4.69, 9.17) is 36.1 Å². The zero-order valence-corrected chi connectivity index (χ0v) is 46.2. The molecule has 0 aliphatic carbocycles. The maximum Gasteiger partial charge on any atom is 0.407 e. The molecule has 6 aliphatic rings. The predicted octanol–water partition coefficient (Wildman–Crippen LogP) is 6.09. The molecule has 0 spiro atoms. The third-order valence-corrected chi connectivity index (χ3v) is 17.7. The first-order valence-corrected chi connectivity index (χ1v) is 28.0. The molecule has 4 aromatic heterocycles. The number of aromatic nitrogens is 5. The number of amides is 2. The molecule has 7 aromatic rings. The summed E-state index contributed by atoms with van der Waals surface area (Å²) in [4.78, 5) is 92.8. The maximum atomic E-state index is 17.4. The van der Waals surface area contributed by atoms with Crippen molar-refractivity contribution in [3.05, 3.63) is 116 Å². The number of nitrogens with one attached hydrogen (secondary N) is 1. The van der Waals surface area contributed by atoms with E-state index < -0.39 is 103 Å². The Bertz CT molecular complexity index is 4240. The molecule has 13 rings (SSSR count). The lowest BCUT2D eigenvalue weighted by molar-refractivity contribution is -0.188. The monoisotopic (exact) mass is 1180 g/mol. The number of benzene rings is 3. The molecule has 4 fully saturated rings. The van der Waals surface area contributed by atoms with Crippen LogP contribution in [0.1, 0.15) is 73.3 Å². The third-order valence-electron chi connectivity index (χ3n) is 17.7. The van der Waals surface area contributed by atoms with E-state index in [1.54, 1.807) is 4.90 Å². The van der Waals surface area contributed by atoms with Crippen LogP contribution in [0, 0.1) is 29.8 Å². The van der Waals surface area contributed by atoms with Crippen LogP contribution < -0.4 is 26.2 Å². The Morgan fingerprint density at radius 3 is 2.55 bits per heavy atom. The first-order valence-electron chi connectivity index (χ1n) is 28.0. The summed E-state index contributed by atoms with van der Waals surface area (Å²) in [6.07, 6.45) is 7.60. The Morgan fingerprint density at radius 1 is 1.00 bits per heavy atom. The number of rotatable bonds is 13. The average molecular weight is 1180 g/mol. The predicted molar refractivity (Wildman–Crippen MR) is 301 cm³/mol. The van der Waals surface area contributed by atoms with Gasteiger partial charge in [-0.05, 0) is 79.9 Å². The first kappa shape index (κ1) is 55.8. The topological polar surface area (TPSA) is 267 Å². The number of hydrogen-bond donors (Lipinski definition) is 4. The second kappa shape index (κ2) is 21.0. The summed E-state index contributed by atoms with van der Waals surface area (Å²) in [7, 11) is 0. The number of nitrogens with two attached hydrogens (primary N) is 1. The van der Waals surface area contributed by atoms with Gasteiger partial charge in [0.1, 0.15) is 66.9 Å². The number of carbonyl (C=O) groups excluding carboxylic acids is 4. The van der Waals surface area contributed by atoms with E-state index >= 15 is 8.78 Å². The summed E-state index contributed by atoms with van der Waals surface area (Å²) in [6.45, 7) is 4.43. The molecule has 4 saturated heterocycles. The van der Waals surface area contributed by atoms with Crippen molar-refractivity contribution < 1.29 is 65.9 Å². The smallest absolute Gasteiger partial charge is 0.407 e. The molecule has 3 aromatic carbocycles. The summed E-state index contributed by atoms with van der Waals surface area (Å²) in [5.41, 5.74) is 3.10. The normalized spacial score (nSPS) is 21.9. The van der Waals surface area contributed by atoms with Gasteiger partial charge < -0.3 is 54.6 Å². The molecule has 5 unspecified atom stereocenters. The quantitative estimate of drug-likeness (QED) is 0.0254. The molecule has 86 heavy (non-hydrogen) atoms. The molecule has 5 N–H and O–H groups in total. The summed E-state index contributed by atoms with van der Waals surface area (Å²) >= 11 is 0. The van der Waals surface area contributed by atoms with Crippen LogP contribution in [0.15, 0.2) is 65.6 Å². The van der Waals surface area contributed by atoms with Crippen molar-refractivity contribution >= 4 is 68.0 Å². The average Bonchev–Trinajstić information content (AvgIpc) is 1.47. The lowest BCUT2D eigenvalue weighted by Gasteiger charge is -2.42. The minimum atomic E-state index is -2.16. The Hall–Kier alpha value is -9.41. The number of alkyl halides is 1. The van der Waals surface area contributed by atoms with Gasteiger partial charge in [0, 0.05) is 71.4 Å². The molecule has 21 nitrogen and oxygen atoms in total. The molecule has 0 radical (unpaired) electrons. The van der Waals surface area contributed by atoms with Gasteiger partial charge >= 0.3 is 24.0 Å². The standard InChI is InChI=1S/C61H54F4N10O11/c1-4-35-43(63)10-7-30-13-34(77)14-37(49(30)35)52-50(65)53-38(19-67-52)54(71-58(70-53)85-28-60-11-6-12-73(60)21-31(62)18-60)72-22-32-8-9-33(23-72)75(32)55(79)29(3)26-84-59(82)68-20-48(78)86-61(5-2)42-16-47-51-39(24-74(47)56(80)41(42)27-83-57(61)81)40(25-76)36-15-45(66)44(64)17-46(36)69-51/h1,7,10,13-17,19,31-33,76-77H,3,5-6,8-9,11-12,18,20-28,66H2,2H3,(H,68,82). The van der Waals surface area contributed by atoms with E-state index in [9.17, 15) is 43.0 Å². The number of terminal acetylenes is 1. The van der Waals surface area contributed by atoms with Crippen molar-refractivity contribution in [2.45, 2.75) is 94.6 Å². The van der Waals surface area contributed by atoms with Gasteiger partial charge in [0.05, 0.1) is 69.9 Å². The second-order valence-electron chi connectivity index (χ2n) is 22.6. The van der Waals surface area contributed by atoms with Crippen molar-refractivity contribution in [1.82, 2.24) is 39.6 Å². The van der Waals surface area contributed by atoms with Gasteiger partial charge in [-0.2, -0.15) is 9.97 Å².